The van der Waals surface area contributed by atoms with Gasteiger partial charge in [-0.05, 0) is 13.3 Å². The highest BCUT2D eigenvalue weighted by Crippen LogP contribution is 2.06. The zero-order chi connectivity index (χ0) is 8.97. The molecular weight excluding hydrogens is 152 g/mol. The van der Waals surface area contributed by atoms with E-state index in [1.54, 1.807) is 0 Å². The van der Waals surface area contributed by atoms with Gasteiger partial charge in [-0.25, -0.2) is 9.13 Å². The molecule has 0 aliphatic rings. The van der Waals surface area contributed by atoms with Crippen molar-refractivity contribution >= 4 is 0 Å². The number of nitrogens with zero attached hydrogens (tertiary/aromatic N) is 2. The number of rotatable bonds is 4. The lowest BCUT2D eigenvalue weighted by molar-refractivity contribution is -0.697. The van der Waals surface area contributed by atoms with Crippen molar-refractivity contribution in [3.8, 4) is 0 Å². The summed E-state index contributed by atoms with van der Waals surface area (Å²) in [6.07, 6.45) is 7.20. The summed E-state index contributed by atoms with van der Waals surface area (Å²) in [5, 5.41) is 8.69. The molecule has 0 saturated heterocycles. The highest BCUT2D eigenvalue weighted by Gasteiger charge is 2.08. The molecule has 3 nitrogen and oxygen atoms in total. The van der Waals surface area contributed by atoms with Crippen LogP contribution in [0.15, 0.2) is 18.7 Å². The Labute approximate surface area is 73.3 Å². The second-order valence-corrected chi connectivity index (χ2v) is 3.08. The summed E-state index contributed by atoms with van der Waals surface area (Å²) in [6, 6.07) is 0.546. The van der Waals surface area contributed by atoms with Crippen molar-refractivity contribution in [2.24, 2.45) is 0 Å². The van der Waals surface area contributed by atoms with Gasteiger partial charge < -0.3 is 5.11 Å². The van der Waals surface area contributed by atoms with Gasteiger partial charge in [0, 0.05) is 0 Å². The molecular formula is C9H17N2O+. The Morgan fingerprint density at radius 3 is 2.92 bits per heavy atom. The standard InChI is InChI=1S/C9H17N2O/c1-3-9(2)11-5-4-10(8-11)6-7-12/h4-5,8-9,12H,3,6-7H2,1-2H3/q+1. The fourth-order valence-electron chi connectivity index (χ4n) is 1.13. The summed E-state index contributed by atoms with van der Waals surface area (Å²) in [4.78, 5) is 0. The van der Waals surface area contributed by atoms with E-state index in [2.05, 4.69) is 18.4 Å². The fourth-order valence-corrected chi connectivity index (χ4v) is 1.13. The van der Waals surface area contributed by atoms with Crippen LogP contribution in [0.2, 0.25) is 0 Å². The predicted octanol–water partition coefficient (Wildman–Crippen LogP) is 0.739. The molecule has 1 unspecified atom stereocenters. The molecule has 0 saturated carbocycles. The average Bonchev–Trinajstić information content (AvgIpc) is 2.52. The Morgan fingerprint density at radius 1 is 1.58 bits per heavy atom. The highest BCUT2D eigenvalue weighted by atomic mass is 16.3. The van der Waals surface area contributed by atoms with Crippen LogP contribution in [-0.2, 0) is 6.54 Å². The lowest BCUT2D eigenvalue weighted by Gasteiger charge is -2.01. The Balaban J connectivity index is 2.63. The minimum atomic E-state index is 0.204. The number of aromatic nitrogens is 2. The Hall–Kier alpha value is -0.830. The number of imidazole rings is 1. The molecule has 3 heteroatoms. The maximum absolute atomic E-state index is 8.69. The second-order valence-electron chi connectivity index (χ2n) is 3.08. The van der Waals surface area contributed by atoms with Crippen LogP contribution in [-0.4, -0.2) is 16.3 Å². The van der Waals surface area contributed by atoms with Crippen LogP contribution in [0.1, 0.15) is 26.3 Å². The molecule has 0 bridgehead atoms. The monoisotopic (exact) mass is 169 g/mol. The summed E-state index contributed by atoms with van der Waals surface area (Å²) in [7, 11) is 0. The van der Waals surface area contributed by atoms with Gasteiger partial charge in [0.1, 0.15) is 18.9 Å². The molecule has 0 fully saturated rings. The smallest absolute Gasteiger partial charge is 0.244 e. The molecule has 0 aliphatic heterocycles. The van der Waals surface area contributed by atoms with Crippen LogP contribution < -0.4 is 4.57 Å². The summed E-state index contributed by atoms with van der Waals surface area (Å²) in [6.45, 7) is 5.24. The molecule has 0 aliphatic carbocycles. The van der Waals surface area contributed by atoms with Gasteiger partial charge in [-0.2, -0.15) is 0 Å². The number of hydrogen-bond acceptors (Lipinski definition) is 1. The molecule has 1 aromatic rings. The van der Waals surface area contributed by atoms with Crippen molar-refractivity contribution in [1.82, 2.24) is 4.57 Å². The molecule has 1 atom stereocenters. The zero-order valence-corrected chi connectivity index (χ0v) is 7.77. The average molecular weight is 169 g/mol. The van der Waals surface area contributed by atoms with Gasteiger partial charge in [0.15, 0.2) is 0 Å². The van der Waals surface area contributed by atoms with E-state index in [1.807, 2.05) is 23.3 Å². The molecule has 68 valence electrons. The third kappa shape index (κ3) is 2.08. The number of hydrogen-bond donors (Lipinski definition) is 1. The molecule has 0 radical (unpaired) electrons. The Morgan fingerprint density at radius 2 is 2.33 bits per heavy atom. The largest absolute Gasteiger partial charge is 0.392 e. The van der Waals surface area contributed by atoms with Gasteiger partial charge in [-0.3, -0.25) is 0 Å². The number of aliphatic hydroxyl groups is 1. The van der Waals surface area contributed by atoms with E-state index >= 15 is 0 Å². The van der Waals surface area contributed by atoms with Crippen LogP contribution in [0.5, 0.6) is 0 Å². The topological polar surface area (TPSA) is 29.0 Å². The fraction of sp³-hybridized carbons (Fsp3) is 0.667. The molecule has 0 spiro atoms. The van der Waals surface area contributed by atoms with Crippen LogP contribution in [0.4, 0.5) is 0 Å². The first-order valence-corrected chi connectivity index (χ1v) is 4.45. The minimum Gasteiger partial charge on any atom is -0.392 e. The maximum Gasteiger partial charge on any atom is 0.244 e. The van der Waals surface area contributed by atoms with Crippen molar-refractivity contribution in [2.75, 3.05) is 6.61 Å². The zero-order valence-electron chi connectivity index (χ0n) is 7.77. The van der Waals surface area contributed by atoms with E-state index in [9.17, 15) is 0 Å². The lowest BCUT2D eigenvalue weighted by atomic mass is 10.3. The van der Waals surface area contributed by atoms with E-state index in [0.717, 1.165) is 6.42 Å². The molecule has 1 rings (SSSR count). The van der Waals surface area contributed by atoms with E-state index in [1.165, 1.54) is 0 Å². The molecule has 1 heterocycles. The first-order valence-electron chi connectivity index (χ1n) is 4.45. The molecule has 12 heavy (non-hydrogen) atoms. The minimum absolute atomic E-state index is 0.204. The summed E-state index contributed by atoms with van der Waals surface area (Å²) >= 11 is 0. The van der Waals surface area contributed by atoms with Gasteiger partial charge in [0.25, 0.3) is 0 Å². The first-order chi connectivity index (χ1) is 5.77. The summed E-state index contributed by atoms with van der Waals surface area (Å²) in [5.41, 5.74) is 0. The van der Waals surface area contributed by atoms with Crippen LogP contribution in [0, 0.1) is 0 Å². The number of aliphatic hydroxyl groups excluding tert-OH is 1. The van der Waals surface area contributed by atoms with E-state index < -0.39 is 0 Å². The van der Waals surface area contributed by atoms with Crippen LogP contribution in [0.3, 0.4) is 0 Å². The van der Waals surface area contributed by atoms with Crippen molar-refractivity contribution in [1.29, 1.82) is 0 Å². The predicted molar refractivity (Wildman–Crippen MR) is 46.7 cm³/mol. The Kier molecular flexibility index (Phi) is 3.29. The van der Waals surface area contributed by atoms with Gasteiger partial charge in [-0.15, -0.1) is 0 Å². The summed E-state index contributed by atoms with van der Waals surface area (Å²) in [5.74, 6) is 0. The Bertz CT molecular complexity index is 232. The van der Waals surface area contributed by atoms with Gasteiger partial charge in [-0.1, -0.05) is 6.92 Å². The van der Waals surface area contributed by atoms with Gasteiger partial charge in [0.2, 0.25) is 6.33 Å². The van der Waals surface area contributed by atoms with Crippen molar-refractivity contribution < 1.29 is 9.67 Å². The molecule has 1 aromatic heterocycles. The third-order valence-corrected chi connectivity index (χ3v) is 2.17. The third-order valence-electron chi connectivity index (χ3n) is 2.17. The lowest BCUT2D eigenvalue weighted by Crippen LogP contribution is -2.33. The van der Waals surface area contributed by atoms with Crippen molar-refractivity contribution in [3.05, 3.63) is 18.7 Å². The van der Waals surface area contributed by atoms with E-state index in [4.69, 9.17) is 5.11 Å². The molecule has 0 amide bonds. The van der Waals surface area contributed by atoms with Gasteiger partial charge in [0.05, 0.1) is 12.6 Å². The van der Waals surface area contributed by atoms with E-state index in [0.29, 0.717) is 12.6 Å². The maximum atomic E-state index is 8.69. The molecule has 0 aromatic carbocycles. The summed E-state index contributed by atoms with van der Waals surface area (Å²) < 4.78 is 4.15. The van der Waals surface area contributed by atoms with Gasteiger partial charge >= 0.3 is 0 Å². The van der Waals surface area contributed by atoms with Crippen molar-refractivity contribution in [3.63, 3.8) is 0 Å². The highest BCUT2D eigenvalue weighted by molar-refractivity contribution is 4.71. The first kappa shape index (κ1) is 9.26. The molecule has 1 N–H and O–H groups in total. The second kappa shape index (κ2) is 4.26. The normalized spacial score (nSPS) is 13.2. The van der Waals surface area contributed by atoms with Crippen molar-refractivity contribution in [2.45, 2.75) is 32.9 Å². The van der Waals surface area contributed by atoms with Crippen LogP contribution in [0.25, 0.3) is 0 Å². The SMILES string of the molecule is CCC(C)n1cc[n+](CCO)c1. The quantitative estimate of drug-likeness (QED) is 0.662. The van der Waals surface area contributed by atoms with E-state index in [-0.39, 0.29) is 6.61 Å². The van der Waals surface area contributed by atoms with Crippen LogP contribution >= 0.6 is 0 Å².